The molecule has 2 aromatic carbocycles. The highest BCUT2D eigenvalue weighted by Crippen LogP contribution is 2.43. The number of methoxy groups -OCH3 is 1. The summed E-state index contributed by atoms with van der Waals surface area (Å²) in [5, 5.41) is 5.35. The van der Waals surface area contributed by atoms with E-state index in [1.165, 1.54) is 0 Å². The number of nitrogens with two attached hydrogens (primary N) is 1. The lowest BCUT2D eigenvalue weighted by Gasteiger charge is -2.19. The lowest BCUT2D eigenvalue weighted by atomic mass is 10.1. The van der Waals surface area contributed by atoms with Crippen molar-refractivity contribution in [2.24, 2.45) is 5.73 Å². The molecule has 0 aliphatic carbocycles. The van der Waals surface area contributed by atoms with Gasteiger partial charge in [0.25, 0.3) is 0 Å². The zero-order valence-electron chi connectivity index (χ0n) is 15.5. The van der Waals surface area contributed by atoms with E-state index in [2.05, 4.69) is 23.3 Å². The van der Waals surface area contributed by atoms with Crippen LogP contribution >= 0.6 is 23.4 Å². The Morgan fingerprint density at radius 3 is 2.74 bits per heavy atom. The standard InChI is InChI=1S/C21H24ClN3OS/c1-14(5-3-11-23)25-18-13-19(26-2)21(17-6-4-12-24-20(17)18)27-16-9-7-15(22)8-10-16/h4,6-10,12-14,25H,3,5,11,23H2,1-2H3. The fraction of sp³-hybridized carbons (Fsp3) is 0.286. The number of nitrogens with one attached hydrogen (secondary N) is 1. The van der Waals surface area contributed by atoms with E-state index in [-0.39, 0.29) is 0 Å². The average Bonchev–Trinajstić information content (AvgIpc) is 2.69. The number of benzene rings is 2. The second-order valence-electron chi connectivity index (χ2n) is 6.39. The predicted octanol–water partition coefficient (Wildman–Crippen LogP) is 5.59. The van der Waals surface area contributed by atoms with Gasteiger partial charge in [0, 0.05) is 33.6 Å². The van der Waals surface area contributed by atoms with Crippen LogP contribution in [-0.4, -0.2) is 24.7 Å². The molecule has 0 spiro atoms. The van der Waals surface area contributed by atoms with Crippen LogP contribution in [0.2, 0.25) is 5.02 Å². The molecular formula is C21H24ClN3OS. The lowest BCUT2D eigenvalue weighted by Crippen LogP contribution is -2.17. The van der Waals surface area contributed by atoms with Gasteiger partial charge in [0.05, 0.1) is 23.2 Å². The number of nitrogens with zero attached hydrogens (tertiary/aromatic N) is 1. The van der Waals surface area contributed by atoms with Gasteiger partial charge in [-0.1, -0.05) is 23.4 Å². The first-order valence-corrected chi connectivity index (χ1v) is 10.2. The zero-order valence-corrected chi connectivity index (χ0v) is 17.1. The topological polar surface area (TPSA) is 60.2 Å². The maximum atomic E-state index is 6.01. The van der Waals surface area contributed by atoms with Crippen molar-refractivity contribution in [2.75, 3.05) is 19.0 Å². The fourth-order valence-electron chi connectivity index (χ4n) is 2.95. The van der Waals surface area contributed by atoms with Crippen LogP contribution in [0.25, 0.3) is 10.9 Å². The van der Waals surface area contributed by atoms with E-state index in [0.717, 1.165) is 50.0 Å². The van der Waals surface area contributed by atoms with E-state index in [1.807, 2.05) is 42.6 Å². The second-order valence-corrected chi connectivity index (χ2v) is 7.91. The van der Waals surface area contributed by atoms with Gasteiger partial charge >= 0.3 is 0 Å². The summed E-state index contributed by atoms with van der Waals surface area (Å²) in [6, 6.07) is 14.2. The smallest absolute Gasteiger partial charge is 0.135 e. The second kappa shape index (κ2) is 9.31. The van der Waals surface area contributed by atoms with E-state index < -0.39 is 0 Å². The molecule has 1 aromatic heterocycles. The molecule has 1 atom stereocenters. The molecule has 4 nitrogen and oxygen atoms in total. The van der Waals surface area contributed by atoms with Gasteiger partial charge in [0.2, 0.25) is 0 Å². The summed E-state index contributed by atoms with van der Waals surface area (Å²) in [4.78, 5) is 6.77. The summed E-state index contributed by atoms with van der Waals surface area (Å²) in [6.45, 7) is 2.86. The predicted molar refractivity (Wildman–Crippen MR) is 115 cm³/mol. The zero-order chi connectivity index (χ0) is 19.2. The van der Waals surface area contributed by atoms with Crippen molar-refractivity contribution in [1.82, 2.24) is 4.98 Å². The lowest BCUT2D eigenvalue weighted by molar-refractivity contribution is 0.406. The number of aromatic nitrogens is 1. The minimum atomic E-state index is 0.304. The van der Waals surface area contributed by atoms with Crippen LogP contribution in [0.15, 0.2) is 58.5 Å². The quantitative estimate of drug-likeness (QED) is 0.515. The van der Waals surface area contributed by atoms with Gasteiger partial charge in [-0.2, -0.15) is 0 Å². The number of hydrogen-bond donors (Lipinski definition) is 2. The van der Waals surface area contributed by atoms with Crippen molar-refractivity contribution >= 4 is 40.0 Å². The minimum absolute atomic E-state index is 0.304. The van der Waals surface area contributed by atoms with Gasteiger partial charge in [-0.25, -0.2) is 0 Å². The van der Waals surface area contributed by atoms with Crippen LogP contribution < -0.4 is 15.8 Å². The molecule has 6 heteroatoms. The molecule has 0 saturated carbocycles. The molecule has 3 aromatic rings. The van der Waals surface area contributed by atoms with E-state index in [9.17, 15) is 0 Å². The third-order valence-electron chi connectivity index (χ3n) is 4.30. The van der Waals surface area contributed by atoms with Gasteiger partial charge in [0.1, 0.15) is 5.75 Å². The van der Waals surface area contributed by atoms with Crippen LogP contribution in [0, 0.1) is 0 Å². The van der Waals surface area contributed by atoms with Gasteiger partial charge in [-0.3, -0.25) is 4.98 Å². The molecule has 0 bridgehead atoms. The molecular weight excluding hydrogens is 378 g/mol. The number of hydrogen-bond acceptors (Lipinski definition) is 5. The van der Waals surface area contributed by atoms with Crippen molar-refractivity contribution in [3.63, 3.8) is 0 Å². The Balaban J connectivity index is 2.01. The molecule has 27 heavy (non-hydrogen) atoms. The summed E-state index contributed by atoms with van der Waals surface area (Å²) in [7, 11) is 1.70. The maximum absolute atomic E-state index is 6.01. The average molecular weight is 402 g/mol. The maximum Gasteiger partial charge on any atom is 0.135 e. The van der Waals surface area contributed by atoms with Crippen LogP contribution in [0.3, 0.4) is 0 Å². The highest BCUT2D eigenvalue weighted by atomic mass is 35.5. The molecule has 0 radical (unpaired) electrons. The summed E-state index contributed by atoms with van der Waals surface area (Å²) in [5.74, 6) is 0.823. The summed E-state index contributed by atoms with van der Waals surface area (Å²) < 4.78 is 5.72. The summed E-state index contributed by atoms with van der Waals surface area (Å²) in [5.41, 5.74) is 7.56. The Morgan fingerprint density at radius 1 is 1.26 bits per heavy atom. The van der Waals surface area contributed by atoms with Gasteiger partial charge in [-0.05, 0) is 62.7 Å². The number of ether oxygens (including phenoxy) is 1. The molecule has 0 fully saturated rings. The molecule has 0 aliphatic rings. The molecule has 3 rings (SSSR count). The molecule has 1 heterocycles. The van der Waals surface area contributed by atoms with Crippen LogP contribution in [0.4, 0.5) is 5.69 Å². The largest absolute Gasteiger partial charge is 0.495 e. The highest BCUT2D eigenvalue weighted by molar-refractivity contribution is 7.99. The van der Waals surface area contributed by atoms with E-state index in [4.69, 9.17) is 22.1 Å². The molecule has 1 unspecified atom stereocenters. The number of rotatable bonds is 8. The third kappa shape index (κ3) is 4.86. The van der Waals surface area contributed by atoms with Crippen LogP contribution in [0.5, 0.6) is 5.75 Å². The number of fused-ring (bicyclic) bond motifs is 1. The molecule has 0 amide bonds. The summed E-state index contributed by atoms with van der Waals surface area (Å²) in [6.07, 6.45) is 3.82. The van der Waals surface area contributed by atoms with Crippen molar-refractivity contribution in [3.8, 4) is 5.75 Å². The Labute approximate surface area is 169 Å². The fourth-order valence-corrected chi connectivity index (χ4v) is 4.10. The Kier molecular flexibility index (Phi) is 6.83. The van der Waals surface area contributed by atoms with E-state index >= 15 is 0 Å². The van der Waals surface area contributed by atoms with Gasteiger partial charge in [0.15, 0.2) is 0 Å². The van der Waals surface area contributed by atoms with Crippen molar-refractivity contribution < 1.29 is 4.74 Å². The first-order chi connectivity index (χ1) is 13.1. The molecule has 0 saturated heterocycles. The number of pyridine rings is 1. The SMILES string of the molecule is COc1cc(NC(C)CCCN)c2ncccc2c1Sc1ccc(Cl)cc1. The van der Waals surface area contributed by atoms with Gasteiger partial charge < -0.3 is 15.8 Å². The van der Waals surface area contributed by atoms with E-state index in [0.29, 0.717) is 12.6 Å². The monoisotopic (exact) mass is 401 g/mol. The highest BCUT2D eigenvalue weighted by Gasteiger charge is 2.16. The van der Waals surface area contributed by atoms with E-state index in [1.54, 1.807) is 18.9 Å². The van der Waals surface area contributed by atoms with Crippen LogP contribution in [-0.2, 0) is 0 Å². The summed E-state index contributed by atoms with van der Waals surface area (Å²) >= 11 is 7.66. The number of halogens is 1. The Morgan fingerprint density at radius 2 is 2.04 bits per heavy atom. The first kappa shape index (κ1) is 19.8. The molecule has 0 aliphatic heterocycles. The van der Waals surface area contributed by atoms with Crippen molar-refractivity contribution in [1.29, 1.82) is 0 Å². The first-order valence-electron chi connectivity index (χ1n) is 8.98. The van der Waals surface area contributed by atoms with Gasteiger partial charge in [-0.15, -0.1) is 0 Å². The Hall–Kier alpha value is -1.95. The van der Waals surface area contributed by atoms with Crippen molar-refractivity contribution in [3.05, 3.63) is 53.7 Å². The molecule has 3 N–H and O–H groups in total. The molecule has 142 valence electrons. The minimum Gasteiger partial charge on any atom is -0.495 e. The normalized spacial score (nSPS) is 12.1. The third-order valence-corrected chi connectivity index (χ3v) is 5.69. The van der Waals surface area contributed by atoms with Crippen molar-refractivity contribution in [2.45, 2.75) is 35.6 Å². The number of anilines is 1. The van der Waals surface area contributed by atoms with Crippen LogP contribution in [0.1, 0.15) is 19.8 Å². The Bertz CT molecular complexity index is 902.